The highest BCUT2D eigenvalue weighted by Crippen LogP contribution is 2.64. The Balaban J connectivity index is 1.88. The Morgan fingerprint density at radius 3 is 2.10 bits per heavy atom. The van der Waals surface area contributed by atoms with E-state index in [1.165, 1.54) is 46.2 Å². The zero-order valence-corrected chi connectivity index (χ0v) is 14.7. The monoisotopic (exact) mass is 412 g/mol. The van der Waals surface area contributed by atoms with Gasteiger partial charge in [0.25, 0.3) is 0 Å². The molecule has 0 radical (unpaired) electrons. The third-order valence-electron chi connectivity index (χ3n) is 5.88. The Kier molecular flexibility index (Phi) is 3.36. The van der Waals surface area contributed by atoms with Gasteiger partial charge < -0.3 is 9.80 Å². The Bertz CT molecular complexity index is 1000. The maximum atomic E-state index is 14.7. The SMILES string of the molecule is FC(F)(F)C1=NN[C@]2(C(F)(F)F)c3ccccc3N3CCN(c4ccccc4)[C@]132. The highest BCUT2D eigenvalue weighted by Gasteiger charge is 2.85. The quantitative estimate of drug-likeness (QED) is 0.719. The van der Waals surface area contributed by atoms with Crippen molar-refractivity contribution in [1.82, 2.24) is 5.43 Å². The first-order chi connectivity index (χ1) is 13.7. The number of para-hydroxylation sites is 2. The number of nitrogens with zero attached hydrogens (tertiary/aromatic N) is 3. The summed E-state index contributed by atoms with van der Waals surface area (Å²) >= 11 is 0. The van der Waals surface area contributed by atoms with Gasteiger partial charge in [0.05, 0.1) is 0 Å². The number of halogens is 6. The molecule has 3 heterocycles. The lowest BCUT2D eigenvalue weighted by Crippen LogP contribution is -2.74. The molecule has 29 heavy (non-hydrogen) atoms. The molecular formula is C19H14F6N4. The van der Waals surface area contributed by atoms with Crippen LogP contribution in [0.5, 0.6) is 0 Å². The van der Waals surface area contributed by atoms with E-state index >= 15 is 0 Å². The summed E-state index contributed by atoms with van der Waals surface area (Å²) in [5.74, 6) is 0. The summed E-state index contributed by atoms with van der Waals surface area (Å²) < 4.78 is 86.5. The van der Waals surface area contributed by atoms with Gasteiger partial charge >= 0.3 is 12.4 Å². The van der Waals surface area contributed by atoms with Crippen LogP contribution in [0.15, 0.2) is 59.7 Å². The predicted octanol–water partition coefficient (Wildman–Crippen LogP) is 4.00. The van der Waals surface area contributed by atoms with Gasteiger partial charge in [0.15, 0.2) is 5.71 Å². The summed E-state index contributed by atoms with van der Waals surface area (Å²) in [7, 11) is 0. The van der Waals surface area contributed by atoms with Crippen LogP contribution < -0.4 is 15.2 Å². The third-order valence-corrected chi connectivity index (χ3v) is 5.88. The summed E-state index contributed by atoms with van der Waals surface area (Å²) in [6.07, 6.45) is -10.1. The molecular weight excluding hydrogens is 398 g/mol. The fourth-order valence-electron chi connectivity index (χ4n) is 4.97. The highest BCUT2D eigenvalue weighted by molar-refractivity contribution is 6.09. The Hall–Kier alpha value is -2.91. The standard InChI is InChI=1S/C19H14F6N4/c20-18(21,22)15-17-16(27-26-15,19(23,24)25)13-8-4-5-9-14(13)29(17)11-10-28(17)12-6-2-1-3-7-12/h1-9,27H,10-11H2/t16-,17-/m1/s1. The summed E-state index contributed by atoms with van der Waals surface area (Å²) in [5.41, 5.74) is -5.16. The van der Waals surface area contributed by atoms with E-state index in [0.29, 0.717) is 0 Å². The number of anilines is 2. The average Bonchev–Trinajstić information content (AvgIpc) is 3.28. The molecule has 10 heteroatoms. The van der Waals surface area contributed by atoms with Crippen LogP contribution in [0.2, 0.25) is 0 Å². The Labute approximate surface area is 161 Å². The second-order valence-corrected chi connectivity index (χ2v) is 7.15. The smallest absolute Gasteiger partial charge is 0.339 e. The van der Waals surface area contributed by atoms with Crippen molar-refractivity contribution < 1.29 is 26.3 Å². The summed E-state index contributed by atoms with van der Waals surface area (Å²) in [5, 5.41) is 3.28. The molecule has 0 aromatic heterocycles. The summed E-state index contributed by atoms with van der Waals surface area (Å²) in [6.45, 7) is -0.0343. The molecule has 0 saturated carbocycles. The molecule has 2 aromatic rings. The van der Waals surface area contributed by atoms with Crippen LogP contribution in [0.3, 0.4) is 0 Å². The Morgan fingerprint density at radius 2 is 1.45 bits per heavy atom. The van der Waals surface area contributed by atoms with Gasteiger partial charge in [0.1, 0.15) is 0 Å². The van der Waals surface area contributed by atoms with E-state index in [0.717, 1.165) is 0 Å². The van der Waals surface area contributed by atoms with Crippen molar-refractivity contribution in [2.24, 2.45) is 5.10 Å². The first-order valence-electron chi connectivity index (χ1n) is 8.85. The summed E-state index contributed by atoms with van der Waals surface area (Å²) in [6, 6.07) is 13.4. The van der Waals surface area contributed by atoms with Gasteiger partial charge in [-0.2, -0.15) is 31.4 Å². The van der Waals surface area contributed by atoms with Crippen LogP contribution in [0.1, 0.15) is 5.56 Å². The van der Waals surface area contributed by atoms with Gasteiger partial charge in [0.2, 0.25) is 11.2 Å². The largest absolute Gasteiger partial charge is 0.435 e. The molecule has 0 amide bonds. The van der Waals surface area contributed by atoms with E-state index < -0.39 is 29.3 Å². The van der Waals surface area contributed by atoms with Gasteiger partial charge in [0, 0.05) is 30.0 Å². The second kappa shape index (κ2) is 5.37. The van der Waals surface area contributed by atoms with Crippen molar-refractivity contribution in [3.63, 3.8) is 0 Å². The molecule has 4 nitrogen and oxygen atoms in total. The van der Waals surface area contributed by atoms with Gasteiger partial charge in [-0.1, -0.05) is 36.4 Å². The molecule has 0 unspecified atom stereocenters. The molecule has 3 aliphatic heterocycles. The molecule has 5 rings (SSSR count). The number of hydrogen-bond acceptors (Lipinski definition) is 4. The number of hydrogen-bond donors (Lipinski definition) is 1. The third kappa shape index (κ3) is 1.94. The Morgan fingerprint density at radius 1 is 0.828 bits per heavy atom. The first-order valence-corrected chi connectivity index (χ1v) is 8.85. The van der Waals surface area contributed by atoms with Gasteiger partial charge in [-0.25, -0.2) is 0 Å². The number of rotatable bonds is 1. The average molecular weight is 412 g/mol. The molecule has 1 N–H and O–H groups in total. The zero-order valence-electron chi connectivity index (χ0n) is 14.7. The first kappa shape index (κ1) is 18.1. The van der Waals surface area contributed by atoms with Crippen molar-refractivity contribution in [2.45, 2.75) is 23.6 Å². The van der Waals surface area contributed by atoms with Crippen LogP contribution in [-0.4, -0.2) is 36.8 Å². The van der Waals surface area contributed by atoms with Crippen molar-refractivity contribution in [3.05, 3.63) is 60.2 Å². The van der Waals surface area contributed by atoms with E-state index in [1.807, 2.05) is 5.43 Å². The van der Waals surface area contributed by atoms with Crippen LogP contribution in [0.25, 0.3) is 0 Å². The van der Waals surface area contributed by atoms with Crippen LogP contribution in [0.4, 0.5) is 37.7 Å². The molecule has 1 fully saturated rings. The van der Waals surface area contributed by atoms with Crippen molar-refractivity contribution >= 4 is 17.1 Å². The van der Waals surface area contributed by atoms with E-state index in [1.54, 1.807) is 18.2 Å². The molecule has 3 aliphatic rings. The number of alkyl halides is 6. The van der Waals surface area contributed by atoms with Crippen LogP contribution >= 0.6 is 0 Å². The van der Waals surface area contributed by atoms with Gasteiger partial charge in [-0.3, -0.25) is 5.43 Å². The molecule has 0 aliphatic carbocycles. The van der Waals surface area contributed by atoms with Crippen molar-refractivity contribution in [2.75, 3.05) is 22.9 Å². The second-order valence-electron chi connectivity index (χ2n) is 7.15. The molecule has 1 spiro atoms. The van der Waals surface area contributed by atoms with Crippen LogP contribution in [-0.2, 0) is 5.54 Å². The topological polar surface area (TPSA) is 30.9 Å². The molecule has 2 aromatic carbocycles. The maximum absolute atomic E-state index is 14.7. The maximum Gasteiger partial charge on any atom is 0.435 e. The predicted molar refractivity (Wildman–Crippen MR) is 94.7 cm³/mol. The van der Waals surface area contributed by atoms with Gasteiger partial charge in [-0.15, -0.1) is 0 Å². The minimum Gasteiger partial charge on any atom is -0.339 e. The van der Waals surface area contributed by atoms with E-state index in [-0.39, 0.29) is 30.0 Å². The molecule has 1 saturated heterocycles. The minimum atomic E-state index is -5.07. The van der Waals surface area contributed by atoms with E-state index in [9.17, 15) is 26.3 Å². The van der Waals surface area contributed by atoms with Crippen molar-refractivity contribution in [3.8, 4) is 0 Å². The highest BCUT2D eigenvalue weighted by atomic mass is 19.4. The van der Waals surface area contributed by atoms with Crippen LogP contribution in [0, 0.1) is 0 Å². The normalized spacial score (nSPS) is 28.0. The lowest BCUT2D eigenvalue weighted by atomic mass is 9.77. The van der Waals surface area contributed by atoms with E-state index in [2.05, 4.69) is 5.10 Å². The minimum absolute atomic E-state index is 0.0134. The molecule has 152 valence electrons. The fourth-order valence-corrected chi connectivity index (χ4v) is 4.97. The fraction of sp³-hybridized carbons (Fsp3) is 0.316. The number of nitrogens with one attached hydrogen (secondary N) is 1. The van der Waals surface area contributed by atoms with Gasteiger partial charge in [-0.05, 0) is 18.2 Å². The van der Waals surface area contributed by atoms with Crippen molar-refractivity contribution in [1.29, 1.82) is 0 Å². The molecule has 2 atom stereocenters. The van der Waals surface area contributed by atoms with E-state index in [4.69, 9.17) is 0 Å². The number of fused-ring (bicyclic) bond motifs is 3. The molecule has 0 bridgehead atoms. The lowest BCUT2D eigenvalue weighted by molar-refractivity contribution is -0.207. The lowest BCUT2D eigenvalue weighted by Gasteiger charge is -2.48. The summed E-state index contributed by atoms with van der Waals surface area (Å²) in [4.78, 5) is 2.36. The number of benzene rings is 2. The zero-order chi connectivity index (χ0) is 20.7. The number of hydrazone groups is 1.